The van der Waals surface area contributed by atoms with Crippen LogP contribution in [0.3, 0.4) is 0 Å². The fourth-order valence-electron chi connectivity index (χ4n) is 1.74. The lowest BCUT2D eigenvalue weighted by Crippen LogP contribution is -2.25. The predicted octanol–water partition coefficient (Wildman–Crippen LogP) is 2.69. The van der Waals surface area contributed by atoms with E-state index in [1.807, 2.05) is 18.2 Å². The minimum absolute atomic E-state index is 0.300. The van der Waals surface area contributed by atoms with E-state index in [1.165, 1.54) is 6.42 Å². The van der Waals surface area contributed by atoms with Crippen molar-refractivity contribution in [1.82, 2.24) is 0 Å². The molecule has 0 bridgehead atoms. The SMILES string of the molecule is COc1cccc(CC#N)c1OC1CCC1. The number of methoxy groups -OCH3 is 1. The molecule has 0 aromatic heterocycles. The third-order valence-electron chi connectivity index (χ3n) is 2.89. The Balaban J connectivity index is 2.25. The van der Waals surface area contributed by atoms with Gasteiger partial charge in [0.05, 0.1) is 25.7 Å². The maximum Gasteiger partial charge on any atom is 0.165 e. The number of para-hydroxylation sites is 1. The summed E-state index contributed by atoms with van der Waals surface area (Å²) in [6.45, 7) is 0. The van der Waals surface area contributed by atoms with E-state index in [0.717, 1.165) is 29.9 Å². The number of ether oxygens (including phenoxy) is 2. The number of nitriles is 1. The average molecular weight is 217 g/mol. The van der Waals surface area contributed by atoms with Crippen LogP contribution < -0.4 is 9.47 Å². The molecule has 3 heteroatoms. The maximum atomic E-state index is 8.77. The molecule has 1 fully saturated rings. The van der Waals surface area contributed by atoms with Gasteiger partial charge in [-0.05, 0) is 25.3 Å². The Morgan fingerprint density at radius 3 is 2.81 bits per heavy atom. The van der Waals surface area contributed by atoms with Crippen LogP contribution in [0, 0.1) is 11.3 Å². The first-order valence-corrected chi connectivity index (χ1v) is 5.54. The first kappa shape index (κ1) is 10.8. The van der Waals surface area contributed by atoms with E-state index in [9.17, 15) is 0 Å². The van der Waals surface area contributed by atoms with Gasteiger partial charge in [-0.15, -0.1) is 0 Å². The number of benzene rings is 1. The van der Waals surface area contributed by atoms with E-state index < -0.39 is 0 Å². The van der Waals surface area contributed by atoms with E-state index in [4.69, 9.17) is 14.7 Å². The van der Waals surface area contributed by atoms with Crippen LogP contribution in [0.25, 0.3) is 0 Å². The molecule has 84 valence electrons. The first-order chi connectivity index (χ1) is 7.85. The van der Waals surface area contributed by atoms with Crippen molar-refractivity contribution >= 4 is 0 Å². The molecule has 1 aromatic rings. The smallest absolute Gasteiger partial charge is 0.165 e. The molecule has 0 spiro atoms. The van der Waals surface area contributed by atoms with Crippen molar-refractivity contribution in [3.63, 3.8) is 0 Å². The lowest BCUT2D eigenvalue weighted by Gasteiger charge is -2.28. The molecule has 0 unspecified atom stereocenters. The van der Waals surface area contributed by atoms with Crippen LogP contribution in [0.5, 0.6) is 11.5 Å². The summed E-state index contributed by atoms with van der Waals surface area (Å²) in [6.07, 6.45) is 4.09. The molecule has 1 saturated carbocycles. The summed E-state index contributed by atoms with van der Waals surface area (Å²) in [4.78, 5) is 0. The van der Waals surface area contributed by atoms with Crippen molar-refractivity contribution in [3.8, 4) is 17.6 Å². The normalized spacial score (nSPS) is 15.0. The summed E-state index contributed by atoms with van der Waals surface area (Å²) in [6, 6.07) is 7.82. The average Bonchev–Trinajstić information content (AvgIpc) is 2.25. The first-order valence-electron chi connectivity index (χ1n) is 5.54. The quantitative estimate of drug-likeness (QED) is 0.778. The highest BCUT2D eigenvalue weighted by Gasteiger charge is 2.22. The minimum atomic E-state index is 0.300. The molecule has 0 aliphatic heterocycles. The van der Waals surface area contributed by atoms with Gasteiger partial charge in [-0.25, -0.2) is 0 Å². The summed E-state index contributed by atoms with van der Waals surface area (Å²) in [5.74, 6) is 1.47. The van der Waals surface area contributed by atoms with Crippen molar-refractivity contribution in [1.29, 1.82) is 5.26 Å². The van der Waals surface area contributed by atoms with Gasteiger partial charge < -0.3 is 9.47 Å². The molecular formula is C13H15NO2. The lowest BCUT2D eigenvalue weighted by atomic mass is 9.96. The van der Waals surface area contributed by atoms with E-state index in [1.54, 1.807) is 7.11 Å². The van der Waals surface area contributed by atoms with Crippen LogP contribution in [0.4, 0.5) is 0 Å². The molecule has 1 aliphatic carbocycles. The number of nitrogens with zero attached hydrogens (tertiary/aromatic N) is 1. The van der Waals surface area contributed by atoms with E-state index in [-0.39, 0.29) is 0 Å². The van der Waals surface area contributed by atoms with Gasteiger partial charge in [0, 0.05) is 5.56 Å². The van der Waals surface area contributed by atoms with E-state index >= 15 is 0 Å². The van der Waals surface area contributed by atoms with Crippen molar-refractivity contribution in [2.75, 3.05) is 7.11 Å². The Morgan fingerprint density at radius 1 is 1.44 bits per heavy atom. The predicted molar refractivity (Wildman–Crippen MR) is 60.6 cm³/mol. The Kier molecular flexibility index (Phi) is 3.31. The zero-order valence-electron chi connectivity index (χ0n) is 9.40. The third kappa shape index (κ3) is 2.11. The number of rotatable bonds is 4. The zero-order valence-corrected chi connectivity index (χ0v) is 9.40. The van der Waals surface area contributed by atoms with Crippen molar-refractivity contribution in [3.05, 3.63) is 23.8 Å². The summed E-state index contributed by atoms with van der Waals surface area (Å²) < 4.78 is 11.1. The van der Waals surface area contributed by atoms with Gasteiger partial charge in [0.1, 0.15) is 0 Å². The molecular weight excluding hydrogens is 202 g/mol. The van der Waals surface area contributed by atoms with E-state index in [2.05, 4.69) is 6.07 Å². The Bertz CT molecular complexity index is 405. The number of hydrogen-bond donors (Lipinski definition) is 0. The fraction of sp³-hybridized carbons (Fsp3) is 0.462. The summed E-state index contributed by atoms with van der Waals surface area (Å²) in [5.41, 5.74) is 0.911. The summed E-state index contributed by atoms with van der Waals surface area (Å²) in [7, 11) is 1.62. The molecule has 16 heavy (non-hydrogen) atoms. The van der Waals surface area contributed by atoms with Crippen LogP contribution in [-0.2, 0) is 6.42 Å². The molecule has 0 atom stereocenters. The van der Waals surface area contributed by atoms with Crippen molar-refractivity contribution in [2.24, 2.45) is 0 Å². The van der Waals surface area contributed by atoms with Gasteiger partial charge in [-0.3, -0.25) is 0 Å². The lowest BCUT2D eigenvalue weighted by molar-refractivity contribution is 0.115. The Hall–Kier alpha value is -1.69. The maximum absolute atomic E-state index is 8.77. The highest BCUT2D eigenvalue weighted by molar-refractivity contribution is 5.47. The second-order valence-corrected chi connectivity index (χ2v) is 3.95. The van der Waals surface area contributed by atoms with Crippen molar-refractivity contribution in [2.45, 2.75) is 31.8 Å². The van der Waals surface area contributed by atoms with Gasteiger partial charge >= 0.3 is 0 Å². The van der Waals surface area contributed by atoms with Crippen molar-refractivity contribution < 1.29 is 9.47 Å². The standard InChI is InChI=1S/C13H15NO2/c1-15-12-7-2-4-10(8-9-14)13(12)16-11-5-3-6-11/h2,4,7,11H,3,5-6,8H2,1H3. The third-order valence-corrected chi connectivity index (χ3v) is 2.89. The Morgan fingerprint density at radius 2 is 2.25 bits per heavy atom. The molecule has 0 radical (unpaired) electrons. The minimum Gasteiger partial charge on any atom is -0.493 e. The van der Waals surface area contributed by atoms with Crippen LogP contribution in [0.2, 0.25) is 0 Å². The summed E-state index contributed by atoms with van der Waals surface area (Å²) >= 11 is 0. The van der Waals surface area contributed by atoms with Crippen LogP contribution in [0.1, 0.15) is 24.8 Å². The zero-order chi connectivity index (χ0) is 11.4. The monoisotopic (exact) mass is 217 g/mol. The van der Waals surface area contributed by atoms with Gasteiger partial charge in [0.25, 0.3) is 0 Å². The largest absolute Gasteiger partial charge is 0.493 e. The molecule has 2 rings (SSSR count). The highest BCUT2D eigenvalue weighted by atomic mass is 16.5. The van der Waals surface area contributed by atoms with Gasteiger partial charge in [-0.1, -0.05) is 12.1 Å². The van der Waals surface area contributed by atoms with Crippen LogP contribution in [-0.4, -0.2) is 13.2 Å². The van der Waals surface area contributed by atoms with E-state index in [0.29, 0.717) is 12.5 Å². The molecule has 0 heterocycles. The molecule has 0 N–H and O–H groups in total. The molecule has 0 amide bonds. The Labute approximate surface area is 95.6 Å². The highest BCUT2D eigenvalue weighted by Crippen LogP contribution is 2.35. The van der Waals surface area contributed by atoms with Gasteiger partial charge in [0.15, 0.2) is 11.5 Å². The van der Waals surface area contributed by atoms with Gasteiger partial charge in [-0.2, -0.15) is 5.26 Å². The molecule has 0 saturated heterocycles. The summed E-state index contributed by atoms with van der Waals surface area (Å²) in [5, 5.41) is 8.77. The van der Waals surface area contributed by atoms with Gasteiger partial charge in [0.2, 0.25) is 0 Å². The molecule has 1 aromatic carbocycles. The van der Waals surface area contributed by atoms with Crippen LogP contribution >= 0.6 is 0 Å². The molecule has 3 nitrogen and oxygen atoms in total. The fourth-order valence-corrected chi connectivity index (χ4v) is 1.74. The molecule has 1 aliphatic rings. The second kappa shape index (κ2) is 4.89. The number of hydrogen-bond acceptors (Lipinski definition) is 3. The second-order valence-electron chi connectivity index (χ2n) is 3.95. The van der Waals surface area contributed by atoms with Crippen LogP contribution in [0.15, 0.2) is 18.2 Å². The topological polar surface area (TPSA) is 42.2 Å².